The average Bonchev–Trinajstić information content (AvgIpc) is 2.73. The molecule has 21 heavy (non-hydrogen) atoms. The molecule has 1 amide bonds. The van der Waals surface area contributed by atoms with E-state index in [1.54, 1.807) is 0 Å². The highest BCUT2D eigenvalue weighted by Gasteiger charge is 2.37. The van der Waals surface area contributed by atoms with Crippen LogP contribution in [-0.4, -0.2) is 42.6 Å². The number of halogens is 1. The number of fused-ring (bicyclic) bond motifs is 2. The van der Waals surface area contributed by atoms with E-state index in [0.29, 0.717) is 25.1 Å². The third kappa shape index (κ3) is 3.89. The molecule has 0 radical (unpaired) electrons. The second-order valence-corrected chi connectivity index (χ2v) is 5.59. The third-order valence-corrected chi connectivity index (χ3v) is 4.27. The van der Waals surface area contributed by atoms with Gasteiger partial charge in [-0.1, -0.05) is 18.2 Å². The van der Waals surface area contributed by atoms with Crippen LogP contribution in [0.1, 0.15) is 25.7 Å². The maximum Gasteiger partial charge on any atom is 0.226 e. The molecule has 2 unspecified atom stereocenters. The van der Waals surface area contributed by atoms with E-state index in [2.05, 4.69) is 10.2 Å². The number of carbonyl (C=O) groups is 1. The van der Waals surface area contributed by atoms with Gasteiger partial charge in [-0.05, 0) is 37.9 Å². The molecule has 0 aliphatic carbocycles. The summed E-state index contributed by atoms with van der Waals surface area (Å²) >= 11 is 0. The van der Waals surface area contributed by atoms with Crippen LogP contribution in [0.5, 0.6) is 5.75 Å². The van der Waals surface area contributed by atoms with Gasteiger partial charge >= 0.3 is 0 Å². The number of hydrogen-bond donors (Lipinski definition) is 1. The second-order valence-electron chi connectivity index (χ2n) is 5.59. The van der Waals surface area contributed by atoms with Crippen molar-refractivity contribution in [3.63, 3.8) is 0 Å². The Hall–Kier alpha value is -1.26. The van der Waals surface area contributed by atoms with E-state index < -0.39 is 0 Å². The lowest BCUT2D eigenvalue weighted by molar-refractivity contribution is -0.134. The zero-order valence-electron chi connectivity index (χ0n) is 12.2. The zero-order valence-corrected chi connectivity index (χ0v) is 13.0. The average molecular weight is 311 g/mol. The molecule has 3 rings (SSSR count). The molecule has 116 valence electrons. The van der Waals surface area contributed by atoms with Gasteiger partial charge in [0.1, 0.15) is 5.75 Å². The number of nitrogens with zero attached hydrogens (tertiary/aromatic N) is 1. The van der Waals surface area contributed by atoms with Crippen molar-refractivity contribution in [3.05, 3.63) is 30.3 Å². The molecular weight excluding hydrogens is 288 g/mol. The van der Waals surface area contributed by atoms with Crippen molar-refractivity contribution >= 4 is 18.3 Å². The number of para-hydroxylation sites is 1. The fraction of sp³-hybridized carbons (Fsp3) is 0.562. The molecule has 2 atom stereocenters. The minimum absolute atomic E-state index is 0. The number of carbonyl (C=O) groups excluding carboxylic acids is 1. The van der Waals surface area contributed by atoms with Crippen LogP contribution in [0.3, 0.4) is 0 Å². The van der Waals surface area contributed by atoms with Gasteiger partial charge in [0.05, 0.1) is 13.0 Å². The van der Waals surface area contributed by atoms with Crippen LogP contribution in [0.15, 0.2) is 30.3 Å². The molecule has 4 nitrogen and oxygen atoms in total. The van der Waals surface area contributed by atoms with Crippen LogP contribution >= 0.6 is 12.4 Å². The summed E-state index contributed by atoms with van der Waals surface area (Å²) in [5.74, 6) is 1.08. The minimum Gasteiger partial charge on any atom is -0.493 e. The van der Waals surface area contributed by atoms with Crippen molar-refractivity contribution < 1.29 is 9.53 Å². The molecule has 1 N–H and O–H groups in total. The van der Waals surface area contributed by atoms with Gasteiger partial charge in [-0.15, -0.1) is 12.4 Å². The molecule has 2 fully saturated rings. The summed E-state index contributed by atoms with van der Waals surface area (Å²) in [6, 6.07) is 10.5. The number of hydrogen-bond acceptors (Lipinski definition) is 3. The standard InChI is InChI=1S/C16H22N2O2.ClH/c19-16(9-11-20-15-4-2-1-3-5-15)18-13-6-7-14(18)12-17-10-8-13;/h1-5,13-14,17H,6-12H2;1H. The van der Waals surface area contributed by atoms with Crippen LogP contribution in [0.2, 0.25) is 0 Å². The molecule has 1 aromatic rings. The second kappa shape index (κ2) is 7.66. The smallest absolute Gasteiger partial charge is 0.226 e. The Kier molecular flexibility index (Phi) is 5.88. The van der Waals surface area contributed by atoms with Crippen molar-refractivity contribution in [1.29, 1.82) is 0 Å². The van der Waals surface area contributed by atoms with E-state index in [9.17, 15) is 4.79 Å². The topological polar surface area (TPSA) is 41.6 Å². The summed E-state index contributed by atoms with van der Waals surface area (Å²) in [6.07, 6.45) is 3.87. The van der Waals surface area contributed by atoms with Crippen LogP contribution < -0.4 is 10.1 Å². The van der Waals surface area contributed by atoms with Gasteiger partial charge in [-0.25, -0.2) is 0 Å². The van der Waals surface area contributed by atoms with Gasteiger partial charge in [-0.3, -0.25) is 4.79 Å². The Balaban J connectivity index is 0.00000161. The third-order valence-electron chi connectivity index (χ3n) is 4.27. The molecule has 2 saturated heterocycles. The van der Waals surface area contributed by atoms with E-state index >= 15 is 0 Å². The number of nitrogens with one attached hydrogen (secondary N) is 1. The molecule has 2 aliphatic heterocycles. The van der Waals surface area contributed by atoms with Gasteiger partial charge < -0.3 is 15.0 Å². The van der Waals surface area contributed by atoms with Crippen molar-refractivity contribution in [2.45, 2.75) is 37.8 Å². The van der Waals surface area contributed by atoms with E-state index in [4.69, 9.17) is 4.74 Å². The quantitative estimate of drug-likeness (QED) is 0.927. The number of rotatable bonds is 4. The van der Waals surface area contributed by atoms with Gasteiger partial charge in [0, 0.05) is 18.6 Å². The zero-order chi connectivity index (χ0) is 13.8. The van der Waals surface area contributed by atoms with Gasteiger partial charge in [0.15, 0.2) is 0 Å². The highest BCUT2D eigenvalue weighted by atomic mass is 35.5. The highest BCUT2D eigenvalue weighted by molar-refractivity contribution is 5.85. The number of amides is 1. The van der Waals surface area contributed by atoms with Gasteiger partial charge in [-0.2, -0.15) is 0 Å². The van der Waals surface area contributed by atoms with Crippen LogP contribution in [0.25, 0.3) is 0 Å². The lowest BCUT2D eigenvalue weighted by atomic mass is 10.1. The molecule has 5 heteroatoms. The normalized spacial score (nSPS) is 24.1. The molecule has 2 bridgehead atoms. The van der Waals surface area contributed by atoms with Crippen molar-refractivity contribution in [2.24, 2.45) is 0 Å². The fourth-order valence-corrected chi connectivity index (χ4v) is 3.29. The molecular formula is C16H23ClN2O2. The summed E-state index contributed by atoms with van der Waals surface area (Å²) in [4.78, 5) is 14.5. The Morgan fingerprint density at radius 3 is 2.76 bits per heavy atom. The maximum absolute atomic E-state index is 12.4. The van der Waals surface area contributed by atoms with Crippen LogP contribution in [0, 0.1) is 0 Å². The van der Waals surface area contributed by atoms with Crippen LogP contribution in [-0.2, 0) is 4.79 Å². The predicted octanol–water partition coefficient (Wildman–Crippen LogP) is 2.23. The lowest BCUT2D eigenvalue weighted by Gasteiger charge is -2.28. The Morgan fingerprint density at radius 2 is 1.95 bits per heavy atom. The molecule has 2 heterocycles. The molecule has 2 aliphatic rings. The Morgan fingerprint density at radius 1 is 1.19 bits per heavy atom. The van der Waals surface area contributed by atoms with E-state index in [1.807, 2.05) is 30.3 Å². The molecule has 0 spiro atoms. The first-order valence-corrected chi connectivity index (χ1v) is 7.54. The van der Waals surface area contributed by atoms with Crippen molar-refractivity contribution in [1.82, 2.24) is 10.2 Å². The van der Waals surface area contributed by atoms with E-state index in [-0.39, 0.29) is 18.3 Å². The monoisotopic (exact) mass is 310 g/mol. The first kappa shape index (κ1) is 16.1. The molecule has 0 saturated carbocycles. The lowest BCUT2D eigenvalue weighted by Crippen LogP contribution is -2.42. The first-order chi connectivity index (χ1) is 9.84. The minimum atomic E-state index is 0. The van der Waals surface area contributed by atoms with Crippen molar-refractivity contribution in [2.75, 3.05) is 19.7 Å². The van der Waals surface area contributed by atoms with Gasteiger partial charge in [0.25, 0.3) is 0 Å². The first-order valence-electron chi connectivity index (χ1n) is 7.54. The summed E-state index contributed by atoms with van der Waals surface area (Å²) in [6.45, 7) is 2.44. The summed E-state index contributed by atoms with van der Waals surface area (Å²) < 4.78 is 5.63. The van der Waals surface area contributed by atoms with E-state index in [1.165, 1.54) is 0 Å². The maximum atomic E-state index is 12.4. The number of ether oxygens (including phenoxy) is 1. The fourth-order valence-electron chi connectivity index (χ4n) is 3.29. The summed E-state index contributed by atoms with van der Waals surface area (Å²) in [5.41, 5.74) is 0. The SMILES string of the molecule is Cl.O=C(CCOc1ccccc1)N1C2CCNCC1CC2. The highest BCUT2D eigenvalue weighted by Crippen LogP contribution is 2.28. The molecule has 1 aromatic carbocycles. The molecule has 0 aromatic heterocycles. The predicted molar refractivity (Wildman–Crippen MR) is 84.9 cm³/mol. The number of benzene rings is 1. The Bertz CT molecular complexity index is 441. The van der Waals surface area contributed by atoms with Crippen LogP contribution in [0.4, 0.5) is 0 Å². The Labute approximate surface area is 132 Å². The van der Waals surface area contributed by atoms with Crippen molar-refractivity contribution in [3.8, 4) is 5.75 Å². The van der Waals surface area contributed by atoms with E-state index in [0.717, 1.165) is 38.1 Å². The van der Waals surface area contributed by atoms with Gasteiger partial charge in [0.2, 0.25) is 5.91 Å². The summed E-state index contributed by atoms with van der Waals surface area (Å²) in [7, 11) is 0. The largest absolute Gasteiger partial charge is 0.493 e. The summed E-state index contributed by atoms with van der Waals surface area (Å²) in [5, 5.41) is 3.42.